The number of carboxylic acid groups (broad SMARTS) is 1. The first-order valence-corrected chi connectivity index (χ1v) is 7.81. The number of likely N-dealkylation sites (N-methyl/N-ethyl adjacent to an activating group) is 2. The molecule has 1 aliphatic heterocycles. The summed E-state index contributed by atoms with van der Waals surface area (Å²) in [7, 11) is 3.90. The molecule has 114 valence electrons. The lowest BCUT2D eigenvalue weighted by molar-refractivity contribution is -0.131. The second-order valence-corrected chi connectivity index (χ2v) is 6.27. The van der Waals surface area contributed by atoms with Crippen molar-refractivity contribution in [2.45, 2.75) is 18.9 Å². The Morgan fingerprint density at radius 2 is 2.29 bits per heavy atom. The molecule has 6 heteroatoms. The number of thiophene rings is 1. The highest BCUT2D eigenvalue weighted by Gasteiger charge is 2.26. The maximum atomic E-state index is 12.6. The molecule has 1 unspecified atom stereocenters. The van der Waals surface area contributed by atoms with E-state index in [9.17, 15) is 9.59 Å². The Labute approximate surface area is 128 Å². The summed E-state index contributed by atoms with van der Waals surface area (Å²) in [5.74, 6) is -1.04. The third kappa shape index (κ3) is 3.92. The molecule has 1 saturated heterocycles. The Kier molecular flexibility index (Phi) is 5.14. The van der Waals surface area contributed by atoms with E-state index in [4.69, 9.17) is 5.11 Å². The van der Waals surface area contributed by atoms with Crippen LogP contribution in [0.5, 0.6) is 0 Å². The summed E-state index contributed by atoms with van der Waals surface area (Å²) in [6.45, 7) is 1.96. The van der Waals surface area contributed by atoms with E-state index >= 15 is 0 Å². The fourth-order valence-corrected chi connectivity index (χ4v) is 3.43. The predicted molar refractivity (Wildman–Crippen MR) is 83.6 cm³/mol. The average Bonchev–Trinajstić information content (AvgIpc) is 2.92. The van der Waals surface area contributed by atoms with Crippen molar-refractivity contribution in [3.05, 3.63) is 28.0 Å². The maximum absolute atomic E-state index is 12.6. The normalized spacial score (nSPS) is 19.8. The van der Waals surface area contributed by atoms with Gasteiger partial charge in [0.05, 0.1) is 4.88 Å². The molecule has 1 amide bonds. The Morgan fingerprint density at radius 3 is 2.95 bits per heavy atom. The van der Waals surface area contributed by atoms with Crippen LogP contribution in [0, 0.1) is 0 Å². The summed E-state index contributed by atoms with van der Waals surface area (Å²) in [6, 6.07) is 1.99. The lowest BCUT2D eigenvalue weighted by atomic mass is 10.0. The summed E-state index contributed by atoms with van der Waals surface area (Å²) >= 11 is 1.35. The first-order chi connectivity index (χ1) is 9.99. The van der Waals surface area contributed by atoms with Crippen molar-refractivity contribution >= 4 is 29.3 Å². The lowest BCUT2D eigenvalue weighted by Gasteiger charge is -2.35. The van der Waals surface area contributed by atoms with E-state index in [1.165, 1.54) is 17.4 Å². The van der Waals surface area contributed by atoms with Crippen molar-refractivity contribution in [2.24, 2.45) is 0 Å². The Hall–Kier alpha value is -1.66. The molecule has 5 nitrogen and oxygen atoms in total. The molecule has 0 radical (unpaired) electrons. The first-order valence-electron chi connectivity index (χ1n) is 6.93. The monoisotopic (exact) mass is 308 g/mol. The minimum absolute atomic E-state index is 0.0321. The van der Waals surface area contributed by atoms with E-state index in [0.717, 1.165) is 32.0 Å². The summed E-state index contributed by atoms with van der Waals surface area (Å²) in [6.07, 6.45) is 4.65. The van der Waals surface area contributed by atoms with Gasteiger partial charge >= 0.3 is 5.97 Å². The topological polar surface area (TPSA) is 60.9 Å². The Bertz CT molecular complexity index is 553. The third-order valence-corrected chi connectivity index (χ3v) is 4.68. The second kappa shape index (κ2) is 6.87. The van der Waals surface area contributed by atoms with Crippen LogP contribution in [-0.4, -0.2) is 60.0 Å². The van der Waals surface area contributed by atoms with Crippen molar-refractivity contribution in [3.63, 3.8) is 0 Å². The van der Waals surface area contributed by atoms with Crippen LogP contribution in [-0.2, 0) is 4.79 Å². The van der Waals surface area contributed by atoms with Gasteiger partial charge in [-0.25, -0.2) is 4.79 Å². The number of aliphatic carboxylic acids is 1. The standard InChI is InChI=1S/C15H20N2O3S/c1-16-8-3-4-12(10-16)17(2)15(20)14-11(7-9-21-14)5-6-13(18)19/h5-7,9,12H,3-4,8,10H2,1-2H3,(H,18,19). The number of carbonyl (C=O) groups excluding carboxylic acids is 1. The van der Waals surface area contributed by atoms with Gasteiger partial charge in [-0.05, 0) is 49.5 Å². The molecule has 1 N–H and O–H groups in total. The number of hydrogen-bond acceptors (Lipinski definition) is 4. The molecular weight excluding hydrogens is 288 g/mol. The summed E-state index contributed by atoms with van der Waals surface area (Å²) in [5, 5.41) is 10.5. The molecule has 2 heterocycles. The van der Waals surface area contributed by atoms with Gasteiger partial charge in [-0.15, -0.1) is 11.3 Å². The van der Waals surface area contributed by atoms with Gasteiger partial charge in [-0.2, -0.15) is 0 Å². The molecular formula is C15H20N2O3S. The van der Waals surface area contributed by atoms with E-state index in [1.54, 1.807) is 11.0 Å². The third-order valence-electron chi connectivity index (χ3n) is 3.76. The highest BCUT2D eigenvalue weighted by Crippen LogP contribution is 2.23. The fraction of sp³-hybridized carbons (Fsp3) is 0.467. The molecule has 1 atom stereocenters. The van der Waals surface area contributed by atoms with E-state index in [0.29, 0.717) is 10.4 Å². The van der Waals surface area contributed by atoms with Crippen molar-refractivity contribution in [2.75, 3.05) is 27.2 Å². The van der Waals surface area contributed by atoms with Crippen LogP contribution >= 0.6 is 11.3 Å². The highest BCUT2D eigenvalue weighted by molar-refractivity contribution is 7.12. The van der Waals surface area contributed by atoms with E-state index in [2.05, 4.69) is 11.9 Å². The SMILES string of the molecule is CN1CCCC(N(C)C(=O)c2sccc2C=CC(=O)O)C1. The van der Waals surface area contributed by atoms with Crippen molar-refractivity contribution in [3.8, 4) is 0 Å². The van der Waals surface area contributed by atoms with E-state index in [-0.39, 0.29) is 11.9 Å². The average molecular weight is 308 g/mol. The van der Waals surface area contributed by atoms with Crippen LogP contribution in [0.4, 0.5) is 0 Å². The highest BCUT2D eigenvalue weighted by atomic mass is 32.1. The van der Waals surface area contributed by atoms with Crippen LogP contribution in [0.15, 0.2) is 17.5 Å². The van der Waals surface area contributed by atoms with Gasteiger partial charge in [0.1, 0.15) is 0 Å². The number of carboxylic acids is 1. The predicted octanol–water partition coefficient (Wildman–Crippen LogP) is 2.01. The quantitative estimate of drug-likeness (QED) is 0.864. The van der Waals surface area contributed by atoms with Crippen LogP contribution < -0.4 is 0 Å². The molecule has 2 rings (SSSR count). The van der Waals surface area contributed by atoms with Crippen molar-refractivity contribution in [1.29, 1.82) is 0 Å². The minimum Gasteiger partial charge on any atom is -0.478 e. The molecule has 0 aliphatic carbocycles. The summed E-state index contributed by atoms with van der Waals surface area (Å²) in [4.78, 5) is 27.8. The van der Waals surface area contributed by atoms with Crippen LogP contribution in [0.2, 0.25) is 0 Å². The van der Waals surface area contributed by atoms with Crippen LogP contribution in [0.25, 0.3) is 6.08 Å². The number of nitrogens with zero attached hydrogens (tertiary/aromatic N) is 2. The largest absolute Gasteiger partial charge is 0.478 e. The Balaban J connectivity index is 2.12. The second-order valence-electron chi connectivity index (χ2n) is 5.35. The molecule has 1 aromatic rings. The molecule has 0 bridgehead atoms. The maximum Gasteiger partial charge on any atom is 0.328 e. The lowest BCUT2D eigenvalue weighted by Crippen LogP contribution is -2.47. The Morgan fingerprint density at radius 1 is 1.52 bits per heavy atom. The van der Waals surface area contributed by atoms with Gasteiger partial charge in [-0.1, -0.05) is 0 Å². The van der Waals surface area contributed by atoms with Crippen LogP contribution in [0.3, 0.4) is 0 Å². The van der Waals surface area contributed by atoms with Gasteiger partial charge in [0, 0.05) is 25.7 Å². The number of hydrogen-bond donors (Lipinski definition) is 1. The zero-order valence-corrected chi connectivity index (χ0v) is 13.1. The summed E-state index contributed by atoms with van der Waals surface area (Å²) < 4.78 is 0. The van der Waals surface area contributed by atoms with Crippen molar-refractivity contribution < 1.29 is 14.7 Å². The smallest absolute Gasteiger partial charge is 0.328 e. The fourth-order valence-electron chi connectivity index (χ4n) is 2.57. The van der Waals surface area contributed by atoms with Gasteiger partial charge in [0.2, 0.25) is 0 Å². The van der Waals surface area contributed by atoms with Gasteiger partial charge in [-0.3, -0.25) is 4.79 Å². The molecule has 1 aliphatic rings. The number of likely N-dealkylation sites (tertiary alicyclic amines) is 1. The van der Waals surface area contributed by atoms with Crippen LogP contribution in [0.1, 0.15) is 28.1 Å². The van der Waals surface area contributed by atoms with Gasteiger partial charge in [0.25, 0.3) is 5.91 Å². The number of piperidine rings is 1. The first kappa shape index (κ1) is 15.7. The number of amides is 1. The molecule has 21 heavy (non-hydrogen) atoms. The molecule has 0 saturated carbocycles. The summed E-state index contributed by atoms with van der Waals surface area (Å²) in [5.41, 5.74) is 0.670. The zero-order chi connectivity index (χ0) is 15.4. The molecule has 1 aromatic heterocycles. The zero-order valence-electron chi connectivity index (χ0n) is 12.3. The van der Waals surface area contributed by atoms with E-state index < -0.39 is 5.97 Å². The van der Waals surface area contributed by atoms with Crippen molar-refractivity contribution in [1.82, 2.24) is 9.80 Å². The molecule has 0 aromatic carbocycles. The molecule has 1 fully saturated rings. The van der Waals surface area contributed by atoms with E-state index in [1.807, 2.05) is 12.4 Å². The minimum atomic E-state index is -1.01. The number of rotatable bonds is 4. The van der Waals surface area contributed by atoms with Gasteiger partial charge in [0.15, 0.2) is 0 Å². The number of carbonyl (C=O) groups is 2. The molecule has 0 spiro atoms. The van der Waals surface area contributed by atoms with Gasteiger partial charge < -0.3 is 14.9 Å².